The van der Waals surface area contributed by atoms with Crippen molar-refractivity contribution in [1.82, 2.24) is 9.80 Å². The molecule has 0 saturated carbocycles. The number of thioether (sulfide) groups is 1. The van der Waals surface area contributed by atoms with Gasteiger partial charge in [-0.3, -0.25) is 14.7 Å². The van der Waals surface area contributed by atoms with E-state index in [9.17, 15) is 4.79 Å². The van der Waals surface area contributed by atoms with Crippen LogP contribution < -0.4 is 5.32 Å². The number of nitrogens with one attached hydrogen (secondary N) is 1. The van der Waals surface area contributed by atoms with E-state index in [2.05, 4.69) is 27.0 Å². The number of benzene rings is 1. The number of anilines is 1. The summed E-state index contributed by atoms with van der Waals surface area (Å²) in [5.41, 5.74) is 0.858. The first-order valence-electron chi connectivity index (χ1n) is 7.74. The monoisotopic (exact) mass is 318 g/mol. The van der Waals surface area contributed by atoms with Gasteiger partial charge < -0.3 is 10.2 Å². The molecule has 0 bridgehead atoms. The van der Waals surface area contributed by atoms with Crippen LogP contribution in [0.1, 0.15) is 6.92 Å². The van der Waals surface area contributed by atoms with Gasteiger partial charge in [0, 0.05) is 37.1 Å². The molecule has 1 N–H and O–H groups in total. The molecular weight excluding hydrogens is 296 g/mol. The van der Waals surface area contributed by atoms with Crippen LogP contribution in [-0.2, 0) is 4.79 Å². The molecule has 1 saturated heterocycles. The molecule has 3 rings (SSSR count). The summed E-state index contributed by atoms with van der Waals surface area (Å²) in [7, 11) is 0. The van der Waals surface area contributed by atoms with E-state index >= 15 is 0 Å². The van der Waals surface area contributed by atoms with Gasteiger partial charge in [-0.25, -0.2) is 0 Å². The smallest absolute Gasteiger partial charge is 0.238 e. The Morgan fingerprint density at radius 1 is 1.27 bits per heavy atom. The topological polar surface area (TPSA) is 47.9 Å². The second kappa shape index (κ2) is 7.15. The zero-order chi connectivity index (χ0) is 15.4. The third-order valence-electron chi connectivity index (χ3n) is 3.86. The average Bonchev–Trinajstić information content (AvgIpc) is 2.95. The predicted octanol–water partition coefficient (Wildman–Crippen LogP) is 1.73. The first-order valence-corrected chi connectivity index (χ1v) is 8.62. The first kappa shape index (κ1) is 15.4. The molecule has 2 aliphatic heterocycles. The summed E-state index contributed by atoms with van der Waals surface area (Å²) >= 11 is 1.87. The van der Waals surface area contributed by atoms with E-state index in [1.54, 1.807) is 0 Å². The number of amidine groups is 1. The van der Waals surface area contributed by atoms with Crippen molar-refractivity contribution in [3.05, 3.63) is 30.3 Å². The SMILES string of the molecule is C[C@@H]1CN=C(N2CCN(CC(=O)Nc3ccccc3)CC2)S1. The molecule has 5 nitrogen and oxygen atoms in total. The molecule has 0 unspecified atom stereocenters. The van der Waals surface area contributed by atoms with E-state index in [-0.39, 0.29) is 5.91 Å². The van der Waals surface area contributed by atoms with Gasteiger partial charge in [0.05, 0.1) is 13.1 Å². The van der Waals surface area contributed by atoms with Crippen LogP contribution in [0.2, 0.25) is 0 Å². The highest BCUT2D eigenvalue weighted by Gasteiger charge is 2.25. The fourth-order valence-corrected chi connectivity index (χ4v) is 3.65. The maximum absolute atomic E-state index is 12.1. The molecule has 1 fully saturated rings. The van der Waals surface area contributed by atoms with Gasteiger partial charge in [-0.15, -0.1) is 0 Å². The molecule has 1 amide bonds. The van der Waals surface area contributed by atoms with Gasteiger partial charge in [0.2, 0.25) is 5.91 Å². The lowest BCUT2D eigenvalue weighted by atomic mass is 10.3. The lowest BCUT2D eigenvalue weighted by molar-refractivity contribution is -0.117. The maximum atomic E-state index is 12.1. The maximum Gasteiger partial charge on any atom is 0.238 e. The van der Waals surface area contributed by atoms with Gasteiger partial charge >= 0.3 is 0 Å². The lowest BCUT2D eigenvalue weighted by Gasteiger charge is -2.35. The Kier molecular flexibility index (Phi) is 5.00. The number of para-hydroxylation sites is 1. The molecule has 0 aromatic heterocycles. The molecular formula is C16H22N4OS. The first-order chi connectivity index (χ1) is 10.7. The second-order valence-corrected chi connectivity index (χ2v) is 7.13. The van der Waals surface area contributed by atoms with Crippen LogP contribution in [0.3, 0.4) is 0 Å². The van der Waals surface area contributed by atoms with Crippen LogP contribution in [0.25, 0.3) is 0 Å². The zero-order valence-corrected chi connectivity index (χ0v) is 13.7. The molecule has 22 heavy (non-hydrogen) atoms. The van der Waals surface area contributed by atoms with Crippen molar-refractivity contribution in [2.24, 2.45) is 4.99 Å². The van der Waals surface area contributed by atoms with Crippen molar-refractivity contribution >= 4 is 28.5 Å². The number of hydrogen-bond acceptors (Lipinski definition) is 5. The van der Waals surface area contributed by atoms with Crippen LogP contribution >= 0.6 is 11.8 Å². The Bertz CT molecular complexity index is 540. The highest BCUT2D eigenvalue weighted by Crippen LogP contribution is 2.23. The fourth-order valence-electron chi connectivity index (χ4n) is 2.66. The summed E-state index contributed by atoms with van der Waals surface area (Å²) in [6.07, 6.45) is 0. The second-order valence-electron chi connectivity index (χ2n) is 5.73. The van der Waals surface area contributed by atoms with E-state index in [0.29, 0.717) is 11.8 Å². The number of nitrogens with zero attached hydrogens (tertiary/aromatic N) is 3. The molecule has 1 atom stereocenters. The molecule has 118 valence electrons. The number of aliphatic imine (C=N–C) groups is 1. The van der Waals surface area contributed by atoms with Crippen molar-refractivity contribution in [3.8, 4) is 0 Å². The van der Waals surface area contributed by atoms with Crippen LogP contribution in [0.5, 0.6) is 0 Å². The normalized spacial score (nSPS) is 22.5. The molecule has 1 aromatic carbocycles. The molecule has 2 aliphatic rings. The van der Waals surface area contributed by atoms with Crippen molar-refractivity contribution in [2.45, 2.75) is 12.2 Å². The van der Waals surface area contributed by atoms with Gasteiger partial charge in [-0.2, -0.15) is 0 Å². The summed E-state index contributed by atoms with van der Waals surface area (Å²) in [6, 6.07) is 9.61. The van der Waals surface area contributed by atoms with Crippen molar-refractivity contribution in [1.29, 1.82) is 0 Å². The van der Waals surface area contributed by atoms with Crippen LogP contribution in [0.15, 0.2) is 35.3 Å². The number of amides is 1. The summed E-state index contributed by atoms with van der Waals surface area (Å²) in [5.74, 6) is 0.0563. The standard InChI is InChI=1S/C16H22N4OS/c1-13-11-17-16(22-13)20-9-7-19(8-10-20)12-15(21)18-14-5-3-2-4-6-14/h2-6,13H,7-12H2,1H3,(H,18,21)/t13-/m1/s1. The fraction of sp³-hybridized carbons (Fsp3) is 0.500. The Balaban J connectivity index is 1.43. The third-order valence-corrected chi connectivity index (χ3v) is 5.01. The molecule has 0 radical (unpaired) electrons. The predicted molar refractivity (Wildman–Crippen MR) is 92.4 cm³/mol. The molecule has 0 aliphatic carbocycles. The minimum absolute atomic E-state index is 0.0563. The van der Waals surface area contributed by atoms with E-state index in [1.807, 2.05) is 42.1 Å². The summed E-state index contributed by atoms with van der Waals surface area (Å²) < 4.78 is 0. The molecule has 1 aromatic rings. The summed E-state index contributed by atoms with van der Waals surface area (Å²) in [4.78, 5) is 21.2. The van der Waals surface area contributed by atoms with Gasteiger partial charge in [-0.05, 0) is 12.1 Å². The van der Waals surface area contributed by atoms with Gasteiger partial charge in [-0.1, -0.05) is 36.9 Å². The van der Waals surface area contributed by atoms with Crippen molar-refractivity contribution < 1.29 is 4.79 Å². The summed E-state index contributed by atoms with van der Waals surface area (Å²) in [5, 5.41) is 4.72. The van der Waals surface area contributed by atoms with Gasteiger partial charge in [0.25, 0.3) is 0 Å². The Morgan fingerprint density at radius 2 is 2.00 bits per heavy atom. The Morgan fingerprint density at radius 3 is 2.64 bits per heavy atom. The van der Waals surface area contributed by atoms with Crippen LogP contribution in [0.4, 0.5) is 5.69 Å². The number of carbonyl (C=O) groups excluding carboxylic acids is 1. The number of hydrogen-bond donors (Lipinski definition) is 1. The van der Waals surface area contributed by atoms with Crippen molar-refractivity contribution in [3.63, 3.8) is 0 Å². The van der Waals surface area contributed by atoms with Crippen LogP contribution in [-0.4, -0.2) is 65.4 Å². The summed E-state index contributed by atoms with van der Waals surface area (Å²) in [6.45, 7) is 7.34. The van der Waals surface area contributed by atoms with E-state index in [4.69, 9.17) is 0 Å². The quantitative estimate of drug-likeness (QED) is 0.922. The zero-order valence-electron chi connectivity index (χ0n) is 12.9. The van der Waals surface area contributed by atoms with Gasteiger partial charge in [0.1, 0.15) is 0 Å². The largest absolute Gasteiger partial charge is 0.349 e. The molecule has 6 heteroatoms. The third kappa shape index (κ3) is 4.01. The average molecular weight is 318 g/mol. The Labute approximate surface area is 135 Å². The van der Waals surface area contributed by atoms with E-state index in [1.165, 1.54) is 5.17 Å². The lowest BCUT2D eigenvalue weighted by Crippen LogP contribution is -2.49. The highest BCUT2D eigenvalue weighted by molar-refractivity contribution is 8.14. The number of carbonyl (C=O) groups is 1. The van der Waals surface area contributed by atoms with Crippen molar-refractivity contribution in [2.75, 3.05) is 44.6 Å². The molecule has 2 heterocycles. The van der Waals surface area contributed by atoms with E-state index < -0.39 is 0 Å². The number of piperazine rings is 1. The minimum atomic E-state index is 0.0563. The molecule has 0 spiro atoms. The minimum Gasteiger partial charge on any atom is -0.349 e. The van der Waals surface area contributed by atoms with E-state index in [0.717, 1.165) is 38.4 Å². The van der Waals surface area contributed by atoms with Crippen LogP contribution in [0, 0.1) is 0 Å². The highest BCUT2D eigenvalue weighted by atomic mass is 32.2. The van der Waals surface area contributed by atoms with Gasteiger partial charge in [0.15, 0.2) is 5.17 Å². The number of rotatable bonds is 3. The Hall–Kier alpha value is -1.53.